The number of thioether (sulfide) groups is 1. The average Bonchev–Trinajstić information content (AvgIpc) is 3.07. The number of carbonyl (C=O) groups excluding carboxylic acids is 1. The van der Waals surface area contributed by atoms with Gasteiger partial charge in [0.05, 0.1) is 17.7 Å². The van der Waals surface area contributed by atoms with Gasteiger partial charge in [-0.15, -0.1) is 0 Å². The highest BCUT2D eigenvalue weighted by Gasteiger charge is 2.33. The minimum absolute atomic E-state index is 0.145. The first-order valence-electron chi connectivity index (χ1n) is 9.50. The van der Waals surface area contributed by atoms with Gasteiger partial charge in [-0.3, -0.25) is 9.69 Å². The van der Waals surface area contributed by atoms with Crippen LogP contribution < -0.4 is 9.64 Å². The maximum absolute atomic E-state index is 13.2. The van der Waals surface area contributed by atoms with Gasteiger partial charge in [0.2, 0.25) is 0 Å². The van der Waals surface area contributed by atoms with Crippen LogP contribution in [-0.4, -0.2) is 17.3 Å². The van der Waals surface area contributed by atoms with Crippen LogP contribution in [0, 0.1) is 0 Å². The van der Waals surface area contributed by atoms with Gasteiger partial charge in [-0.05, 0) is 65.3 Å². The molecular formula is C25H18ClNO2S2. The Hall–Kier alpha value is -2.86. The lowest BCUT2D eigenvalue weighted by atomic mass is 10.0. The topological polar surface area (TPSA) is 29.5 Å². The molecule has 1 aliphatic heterocycles. The molecule has 0 atom stereocenters. The van der Waals surface area contributed by atoms with E-state index in [9.17, 15) is 4.79 Å². The third kappa shape index (κ3) is 4.90. The first-order valence-corrected chi connectivity index (χ1v) is 11.1. The number of allylic oxidation sites excluding steroid dienone is 2. The number of hydrogen-bond acceptors (Lipinski definition) is 4. The molecule has 0 bridgehead atoms. The molecular weight excluding hydrogens is 446 g/mol. The van der Waals surface area contributed by atoms with Gasteiger partial charge >= 0.3 is 0 Å². The van der Waals surface area contributed by atoms with Crippen LogP contribution in [0.25, 0.3) is 11.6 Å². The Bertz CT molecular complexity index is 1170. The molecule has 154 valence electrons. The van der Waals surface area contributed by atoms with Crippen LogP contribution >= 0.6 is 35.6 Å². The predicted octanol–water partition coefficient (Wildman–Crippen LogP) is 6.84. The summed E-state index contributed by atoms with van der Waals surface area (Å²) in [7, 11) is 1.61. The Morgan fingerprint density at radius 3 is 2.32 bits per heavy atom. The van der Waals surface area contributed by atoms with E-state index in [-0.39, 0.29) is 5.91 Å². The van der Waals surface area contributed by atoms with Gasteiger partial charge in [0.25, 0.3) is 5.91 Å². The molecule has 4 rings (SSSR count). The molecule has 0 radical (unpaired) electrons. The lowest BCUT2D eigenvalue weighted by molar-refractivity contribution is -0.113. The Kier molecular flexibility index (Phi) is 6.56. The highest BCUT2D eigenvalue weighted by molar-refractivity contribution is 8.27. The number of methoxy groups -OCH3 is 1. The van der Waals surface area contributed by atoms with E-state index < -0.39 is 0 Å². The molecule has 31 heavy (non-hydrogen) atoms. The molecule has 0 aromatic heterocycles. The summed E-state index contributed by atoms with van der Waals surface area (Å²) in [4.78, 5) is 15.3. The van der Waals surface area contributed by atoms with Crippen molar-refractivity contribution in [3.05, 3.63) is 106 Å². The van der Waals surface area contributed by atoms with Crippen molar-refractivity contribution in [3.63, 3.8) is 0 Å². The van der Waals surface area contributed by atoms with Crippen molar-refractivity contribution in [3.8, 4) is 5.75 Å². The molecule has 3 nitrogen and oxygen atoms in total. The highest BCUT2D eigenvalue weighted by Crippen LogP contribution is 2.37. The van der Waals surface area contributed by atoms with E-state index in [1.54, 1.807) is 12.0 Å². The molecule has 0 N–H and O–H groups in total. The monoisotopic (exact) mass is 463 g/mol. The van der Waals surface area contributed by atoms with E-state index >= 15 is 0 Å². The van der Waals surface area contributed by atoms with E-state index in [0.717, 1.165) is 22.4 Å². The number of hydrogen-bond donors (Lipinski definition) is 0. The first-order chi connectivity index (χ1) is 15.0. The van der Waals surface area contributed by atoms with Gasteiger partial charge < -0.3 is 4.74 Å². The van der Waals surface area contributed by atoms with Gasteiger partial charge in [-0.25, -0.2) is 0 Å². The number of benzene rings is 3. The Morgan fingerprint density at radius 2 is 1.68 bits per heavy atom. The van der Waals surface area contributed by atoms with Crippen LogP contribution in [0.4, 0.5) is 5.69 Å². The number of nitrogens with zero attached hydrogens (tertiary/aromatic N) is 1. The Balaban J connectivity index is 1.71. The second kappa shape index (κ2) is 9.52. The zero-order valence-electron chi connectivity index (χ0n) is 16.6. The Labute approximate surface area is 196 Å². The van der Waals surface area contributed by atoms with Crippen LogP contribution in [-0.2, 0) is 4.79 Å². The molecule has 0 unspecified atom stereocenters. The highest BCUT2D eigenvalue weighted by atomic mass is 35.5. The minimum atomic E-state index is -0.145. The lowest BCUT2D eigenvalue weighted by Crippen LogP contribution is -2.27. The van der Waals surface area contributed by atoms with Crippen molar-refractivity contribution >= 4 is 63.1 Å². The molecule has 6 heteroatoms. The summed E-state index contributed by atoms with van der Waals surface area (Å²) >= 11 is 12.9. The Morgan fingerprint density at radius 1 is 1.00 bits per heavy atom. The first kappa shape index (κ1) is 21.4. The van der Waals surface area contributed by atoms with Crippen molar-refractivity contribution in [1.29, 1.82) is 0 Å². The van der Waals surface area contributed by atoms with Crippen molar-refractivity contribution in [2.24, 2.45) is 0 Å². The summed E-state index contributed by atoms with van der Waals surface area (Å²) in [5.74, 6) is 0.577. The number of rotatable bonds is 5. The zero-order chi connectivity index (χ0) is 21.8. The standard InChI is InChI=1S/C25H18ClNO2S2/c1-29-22-13-11-21(12-14-22)27-24(28)23(31-25(27)30)16-19(15-17-5-3-2-4-6-17)18-7-9-20(26)10-8-18/h2-16H,1H3/b19-15-,23-16+. The number of anilines is 1. The van der Waals surface area contributed by atoms with E-state index in [2.05, 4.69) is 0 Å². The summed E-state index contributed by atoms with van der Waals surface area (Å²) < 4.78 is 5.70. The van der Waals surface area contributed by atoms with E-state index in [4.69, 9.17) is 28.6 Å². The van der Waals surface area contributed by atoms with Gasteiger partial charge in [0.1, 0.15) is 5.75 Å². The quantitative estimate of drug-likeness (QED) is 0.235. The number of carbonyl (C=O) groups is 1. The number of halogens is 1. The average molecular weight is 464 g/mol. The fourth-order valence-electron chi connectivity index (χ4n) is 3.14. The molecule has 1 saturated heterocycles. The molecule has 0 saturated carbocycles. The maximum Gasteiger partial charge on any atom is 0.270 e. The molecule has 1 aliphatic rings. The third-order valence-corrected chi connectivity index (χ3v) is 6.26. The second-order valence-electron chi connectivity index (χ2n) is 6.73. The summed E-state index contributed by atoms with van der Waals surface area (Å²) in [5.41, 5.74) is 3.61. The van der Waals surface area contributed by atoms with Gasteiger partial charge in [-0.2, -0.15) is 0 Å². The van der Waals surface area contributed by atoms with Gasteiger partial charge in [-0.1, -0.05) is 78.0 Å². The maximum atomic E-state index is 13.2. The van der Waals surface area contributed by atoms with Crippen molar-refractivity contribution in [2.75, 3.05) is 12.0 Å². The molecule has 0 spiro atoms. The van der Waals surface area contributed by atoms with Crippen LogP contribution in [0.15, 0.2) is 89.8 Å². The zero-order valence-corrected chi connectivity index (χ0v) is 19.0. The second-order valence-corrected chi connectivity index (χ2v) is 8.84. The normalized spacial score (nSPS) is 15.6. The fraction of sp³-hybridized carbons (Fsp3) is 0.0400. The van der Waals surface area contributed by atoms with Crippen LogP contribution in [0.2, 0.25) is 5.02 Å². The molecule has 3 aromatic rings. The van der Waals surface area contributed by atoms with Gasteiger partial charge in [0.15, 0.2) is 4.32 Å². The van der Waals surface area contributed by atoms with E-state index in [1.807, 2.05) is 91.0 Å². The summed E-state index contributed by atoms with van der Waals surface area (Å²) in [6, 6.07) is 24.8. The van der Waals surface area contributed by atoms with E-state index in [0.29, 0.717) is 19.9 Å². The SMILES string of the molecule is COc1ccc(N2C(=O)/C(=C\C(=C\c3ccccc3)c3ccc(Cl)cc3)SC2=S)cc1. The molecule has 0 aliphatic carbocycles. The molecule has 1 fully saturated rings. The summed E-state index contributed by atoms with van der Waals surface area (Å²) in [6.07, 6.45) is 3.93. The number of amides is 1. The minimum Gasteiger partial charge on any atom is -0.497 e. The lowest BCUT2D eigenvalue weighted by Gasteiger charge is -2.14. The van der Waals surface area contributed by atoms with E-state index in [1.165, 1.54) is 11.8 Å². The van der Waals surface area contributed by atoms with Crippen LogP contribution in [0.3, 0.4) is 0 Å². The summed E-state index contributed by atoms with van der Waals surface area (Å²) in [5, 5.41) is 0.661. The largest absolute Gasteiger partial charge is 0.497 e. The molecule has 3 aromatic carbocycles. The summed E-state index contributed by atoms with van der Waals surface area (Å²) in [6.45, 7) is 0. The van der Waals surface area contributed by atoms with Crippen molar-refractivity contribution in [1.82, 2.24) is 0 Å². The smallest absolute Gasteiger partial charge is 0.270 e. The predicted molar refractivity (Wildman–Crippen MR) is 135 cm³/mol. The van der Waals surface area contributed by atoms with Crippen LogP contribution in [0.1, 0.15) is 11.1 Å². The van der Waals surface area contributed by atoms with Crippen molar-refractivity contribution in [2.45, 2.75) is 0 Å². The van der Waals surface area contributed by atoms with Crippen LogP contribution in [0.5, 0.6) is 5.75 Å². The van der Waals surface area contributed by atoms with Gasteiger partial charge in [0, 0.05) is 5.02 Å². The van der Waals surface area contributed by atoms with Crippen molar-refractivity contribution < 1.29 is 9.53 Å². The molecule has 1 amide bonds. The molecule has 1 heterocycles. The number of thiocarbonyl (C=S) groups is 1. The fourth-order valence-corrected chi connectivity index (χ4v) is 4.56. The third-order valence-electron chi connectivity index (χ3n) is 4.71. The number of ether oxygens (including phenoxy) is 1.